The zero-order chi connectivity index (χ0) is 30.1. The van der Waals surface area contributed by atoms with Gasteiger partial charge in [0.25, 0.3) is 0 Å². The minimum atomic E-state index is -5.05. The number of carboxylic acid groups (broad SMARTS) is 1. The fourth-order valence-electron chi connectivity index (χ4n) is 5.06. The Bertz CT molecular complexity index is 1250. The molecular formula is C28H37F3N2O6S. The number of aryl methyl sites for hydroxylation is 1. The van der Waals surface area contributed by atoms with E-state index in [4.69, 9.17) is 0 Å². The Morgan fingerprint density at radius 2 is 1.70 bits per heavy atom. The number of anilines is 1. The fraction of sp³-hybridized carbons (Fsp3) is 0.536. The van der Waals surface area contributed by atoms with Gasteiger partial charge in [-0.05, 0) is 69.2 Å². The summed E-state index contributed by atoms with van der Waals surface area (Å²) in [4.78, 5) is 30.3. The molecule has 12 heteroatoms. The lowest BCUT2D eigenvalue weighted by Gasteiger charge is -2.32. The number of aromatic nitrogens is 1. The van der Waals surface area contributed by atoms with Crippen molar-refractivity contribution in [2.75, 3.05) is 11.4 Å². The molecule has 1 heterocycles. The van der Waals surface area contributed by atoms with Crippen LogP contribution < -0.4 is 9.64 Å². The summed E-state index contributed by atoms with van der Waals surface area (Å²) in [5, 5.41) is 8.51. The number of amides is 1. The monoisotopic (exact) mass is 586 g/mol. The summed E-state index contributed by atoms with van der Waals surface area (Å²) >= 11 is 0. The van der Waals surface area contributed by atoms with Crippen molar-refractivity contribution in [1.29, 1.82) is 0 Å². The van der Waals surface area contributed by atoms with Crippen molar-refractivity contribution < 1.29 is 41.0 Å². The quantitative estimate of drug-likeness (QED) is 0.265. The van der Waals surface area contributed by atoms with Gasteiger partial charge in [-0.25, -0.2) is 8.42 Å². The molecule has 1 amide bonds. The lowest BCUT2D eigenvalue weighted by atomic mass is 9.81. The van der Waals surface area contributed by atoms with Crippen molar-refractivity contribution in [3.63, 3.8) is 0 Å². The molecule has 3 unspecified atom stereocenters. The Morgan fingerprint density at radius 3 is 2.25 bits per heavy atom. The van der Waals surface area contributed by atoms with Gasteiger partial charge in [0, 0.05) is 12.1 Å². The van der Waals surface area contributed by atoms with Gasteiger partial charge in [0.05, 0.1) is 16.6 Å². The van der Waals surface area contributed by atoms with Gasteiger partial charge in [-0.1, -0.05) is 39.3 Å². The number of ether oxygens (including phenoxy) is 1. The van der Waals surface area contributed by atoms with E-state index >= 15 is 0 Å². The molecule has 0 aliphatic carbocycles. The van der Waals surface area contributed by atoms with Crippen LogP contribution in [-0.2, 0) is 19.4 Å². The van der Waals surface area contributed by atoms with E-state index in [0.717, 1.165) is 12.1 Å². The molecule has 1 aromatic carbocycles. The average Bonchev–Trinajstić information content (AvgIpc) is 2.87. The van der Waals surface area contributed by atoms with Crippen molar-refractivity contribution in [3.8, 4) is 5.75 Å². The van der Waals surface area contributed by atoms with Crippen LogP contribution in [0.5, 0.6) is 5.75 Å². The van der Waals surface area contributed by atoms with Gasteiger partial charge in [-0.15, -0.1) is 13.2 Å². The molecule has 8 nitrogen and oxygen atoms in total. The van der Waals surface area contributed by atoms with Crippen molar-refractivity contribution in [1.82, 2.24) is 4.98 Å². The first-order chi connectivity index (χ1) is 18.8. The van der Waals surface area contributed by atoms with Crippen molar-refractivity contribution in [2.45, 2.75) is 82.7 Å². The third-order valence-electron chi connectivity index (χ3n) is 6.95. The van der Waals surface area contributed by atoms with E-state index in [1.54, 1.807) is 32.2 Å². The molecule has 0 saturated carbocycles. The van der Waals surface area contributed by atoms with Crippen LogP contribution >= 0.6 is 0 Å². The first kappa shape index (κ1) is 33.1. The highest BCUT2D eigenvalue weighted by Crippen LogP contribution is 2.36. The number of hydrogen-bond acceptors (Lipinski definition) is 6. The van der Waals surface area contributed by atoms with Crippen molar-refractivity contribution in [2.24, 2.45) is 11.8 Å². The molecule has 0 spiro atoms. The second-order valence-electron chi connectivity index (χ2n) is 9.64. The molecule has 222 valence electrons. The molecule has 0 aliphatic rings. The molecule has 2 aromatic rings. The number of rotatable bonds is 15. The normalized spacial score (nSPS) is 14.3. The first-order valence-electron chi connectivity index (χ1n) is 13.3. The number of benzene rings is 1. The zero-order valence-corrected chi connectivity index (χ0v) is 24.0. The summed E-state index contributed by atoms with van der Waals surface area (Å²) in [6, 6.07) is 7.92. The first-order valence-corrected chi connectivity index (χ1v) is 14.8. The van der Waals surface area contributed by atoms with Crippen LogP contribution in [-0.4, -0.2) is 48.5 Å². The number of carbonyl (C=O) groups is 2. The predicted octanol–water partition coefficient (Wildman–Crippen LogP) is 6.18. The Morgan fingerprint density at radius 1 is 1.02 bits per heavy atom. The van der Waals surface area contributed by atoms with Crippen LogP contribution in [0.4, 0.5) is 18.9 Å². The molecule has 0 radical (unpaired) electrons. The maximum Gasteiger partial charge on any atom is 0.573 e. The number of aliphatic carboxylic acids is 1. The summed E-state index contributed by atoms with van der Waals surface area (Å²) in [5.74, 6) is -3.23. The van der Waals surface area contributed by atoms with Gasteiger partial charge >= 0.3 is 12.3 Å². The number of alkyl halides is 3. The minimum absolute atomic E-state index is 0.110. The van der Waals surface area contributed by atoms with E-state index in [0.29, 0.717) is 37.1 Å². The molecular weight excluding hydrogens is 549 g/mol. The van der Waals surface area contributed by atoms with Crippen molar-refractivity contribution >= 4 is 27.4 Å². The van der Waals surface area contributed by atoms with Crippen LogP contribution in [0.25, 0.3) is 0 Å². The zero-order valence-electron chi connectivity index (χ0n) is 23.1. The summed E-state index contributed by atoms with van der Waals surface area (Å²) in [7, 11) is -4.20. The van der Waals surface area contributed by atoms with Gasteiger partial charge in [0.2, 0.25) is 5.91 Å². The van der Waals surface area contributed by atoms with E-state index in [1.807, 2.05) is 13.8 Å². The smallest absolute Gasteiger partial charge is 0.480 e. The number of carboxylic acids is 1. The van der Waals surface area contributed by atoms with Gasteiger partial charge in [-0.3, -0.25) is 19.5 Å². The summed E-state index contributed by atoms with van der Waals surface area (Å²) in [6.07, 6.45) is -1.27. The van der Waals surface area contributed by atoms with Gasteiger partial charge < -0.3 is 9.84 Å². The van der Waals surface area contributed by atoms with Crippen molar-refractivity contribution in [3.05, 3.63) is 48.3 Å². The lowest BCUT2D eigenvalue weighted by molar-refractivity contribution is -0.275. The number of carbonyl (C=O) groups excluding carboxylic acids is 1. The lowest BCUT2D eigenvalue weighted by Crippen LogP contribution is -2.42. The number of para-hydroxylation sites is 1. The standard InChI is InChI=1S/C28H37F3N2O6S/c1-5-11-20(22(7-3)27(36)33(18-26(34)35)23-12-10-17-32-19(23)4)15-16-21(6-2)40(37,38)25-14-9-8-13-24(25)39-28(29,30)31/h8-10,12-14,17,20-22H,5-7,11,15-16,18H2,1-4H3,(H,34,35). The molecule has 3 atom stereocenters. The molecule has 2 rings (SSSR count). The predicted molar refractivity (Wildman–Crippen MR) is 145 cm³/mol. The topological polar surface area (TPSA) is 114 Å². The summed E-state index contributed by atoms with van der Waals surface area (Å²) < 4.78 is 69.7. The maximum absolute atomic E-state index is 13.8. The summed E-state index contributed by atoms with van der Waals surface area (Å²) in [5.41, 5.74) is 0.884. The second kappa shape index (κ2) is 14.5. The Balaban J connectivity index is 2.36. The Hall–Kier alpha value is -3.15. The second-order valence-corrected chi connectivity index (χ2v) is 11.8. The van der Waals surface area contributed by atoms with Crippen LogP contribution in [0, 0.1) is 18.8 Å². The van der Waals surface area contributed by atoms with Gasteiger partial charge in [0.1, 0.15) is 17.2 Å². The molecule has 0 bridgehead atoms. The molecule has 0 fully saturated rings. The molecule has 0 aliphatic heterocycles. The Labute approximate surface area is 233 Å². The average molecular weight is 587 g/mol. The highest BCUT2D eigenvalue weighted by Gasteiger charge is 2.37. The van der Waals surface area contributed by atoms with Gasteiger partial charge in [-0.2, -0.15) is 0 Å². The molecule has 1 aromatic heterocycles. The highest BCUT2D eigenvalue weighted by molar-refractivity contribution is 7.92. The van der Waals surface area contributed by atoms with E-state index in [9.17, 15) is 36.3 Å². The van der Waals surface area contributed by atoms with Crippen LogP contribution in [0.3, 0.4) is 0 Å². The number of halogens is 3. The number of pyridine rings is 1. The number of hydrogen-bond donors (Lipinski definition) is 1. The van der Waals surface area contributed by atoms with E-state index < -0.39 is 50.5 Å². The largest absolute Gasteiger partial charge is 0.573 e. The van der Waals surface area contributed by atoms with E-state index in [2.05, 4.69) is 9.72 Å². The fourth-order valence-corrected chi connectivity index (χ4v) is 6.96. The van der Waals surface area contributed by atoms with E-state index in [-0.39, 0.29) is 24.7 Å². The number of nitrogens with zero attached hydrogens (tertiary/aromatic N) is 2. The SMILES string of the molecule is CCCC(CCC(CC)S(=O)(=O)c1ccccc1OC(F)(F)F)C(CC)C(=O)N(CC(=O)O)c1cccnc1C. The Kier molecular flexibility index (Phi) is 12.0. The van der Waals surface area contributed by atoms with Crippen LogP contribution in [0.1, 0.15) is 65.0 Å². The van der Waals surface area contributed by atoms with Crippen LogP contribution in [0.2, 0.25) is 0 Å². The van der Waals surface area contributed by atoms with E-state index in [1.165, 1.54) is 17.0 Å². The van der Waals surface area contributed by atoms with Gasteiger partial charge in [0.15, 0.2) is 9.84 Å². The minimum Gasteiger partial charge on any atom is -0.480 e. The highest BCUT2D eigenvalue weighted by atomic mass is 32.2. The summed E-state index contributed by atoms with van der Waals surface area (Å²) in [6.45, 7) is 6.52. The number of sulfone groups is 1. The molecule has 0 saturated heterocycles. The molecule has 40 heavy (non-hydrogen) atoms. The third-order valence-corrected chi connectivity index (χ3v) is 9.35. The molecule has 1 N–H and O–H groups in total. The third kappa shape index (κ3) is 8.67. The van der Waals surface area contributed by atoms with Crippen LogP contribution in [0.15, 0.2) is 47.5 Å². The maximum atomic E-state index is 13.8.